The molecule has 1 rings (SSSR count). The van der Waals surface area contributed by atoms with Crippen molar-refractivity contribution in [3.8, 4) is 0 Å². The lowest BCUT2D eigenvalue weighted by atomic mass is 10.2. The Morgan fingerprint density at radius 3 is 2.53 bits per heavy atom. The van der Waals surface area contributed by atoms with Crippen LogP contribution in [0, 0.1) is 5.92 Å². The van der Waals surface area contributed by atoms with Crippen LogP contribution in [-0.2, 0) is 15.6 Å². The molecule has 1 aromatic rings. The Bertz CT molecular complexity index is 454. The maximum atomic E-state index is 11.9. The molecule has 98 valence electrons. The van der Waals surface area contributed by atoms with Crippen LogP contribution in [0.4, 0.5) is 5.13 Å². The Kier molecular flexibility index (Phi) is 4.88. The summed E-state index contributed by atoms with van der Waals surface area (Å²) < 4.78 is 27.8. The van der Waals surface area contributed by atoms with Gasteiger partial charge in [-0.25, -0.2) is 13.4 Å². The third-order valence-electron chi connectivity index (χ3n) is 2.42. The lowest BCUT2D eigenvalue weighted by Gasteiger charge is -2.08. The summed E-state index contributed by atoms with van der Waals surface area (Å²) in [6.45, 7) is 3.93. The normalized spacial score (nSPS) is 13.6. The molecule has 0 N–H and O–H groups in total. The van der Waals surface area contributed by atoms with Gasteiger partial charge in [-0.3, -0.25) is 0 Å². The second-order valence-corrected chi connectivity index (χ2v) is 7.30. The van der Waals surface area contributed by atoms with E-state index in [4.69, 9.17) is 0 Å². The van der Waals surface area contributed by atoms with E-state index in [2.05, 4.69) is 9.36 Å². The van der Waals surface area contributed by atoms with Crippen LogP contribution in [0.25, 0.3) is 0 Å². The lowest BCUT2D eigenvalue weighted by molar-refractivity contribution is 0.562. The third-order valence-corrected chi connectivity index (χ3v) is 5.12. The summed E-state index contributed by atoms with van der Waals surface area (Å²) >= 11 is 1.22. The van der Waals surface area contributed by atoms with Gasteiger partial charge in [0.25, 0.3) is 0 Å². The minimum absolute atomic E-state index is 0.0539. The highest BCUT2D eigenvalue weighted by molar-refractivity contribution is 7.90. The summed E-state index contributed by atoms with van der Waals surface area (Å²) in [6.07, 6.45) is 0.868. The molecule has 0 saturated heterocycles. The Hall–Kier alpha value is -0.690. The summed E-state index contributed by atoms with van der Waals surface area (Å²) in [6, 6.07) is 0. The van der Waals surface area contributed by atoms with Gasteiger partial charge in [-0.1, -0.05) is 20.3 Å². The highest BCUT2D eigenvalue weighted by atomic mass is 32.2. The predicted octanol–water partition coefficient (Wildman–Crippen LogP) is 1.57. The van der Waals surface area contributed by atoms with Crippen molar-refractivity contribution in [1.82, 2.24) is 9.36 Å². The zero-order valence-corrected chi connectivity index (χ0v) is 12.3. The van der Waals surface area contributed by atoms with Crippen LogP contribution in [0.1, 0.15) is 26.1 Å². The summed E-state index contributed by atoms with van der Waals surface area (Å²) in [4.78, 5) is 6.00. The van der Waals surface area contributed by atoms with Crippen molar-refractivity contribution in [3.05, 3.63) is 5.82 Å². The molecule has 0 unspecified atom stereocenters. The molecule has 0 aromatic carbocycles. The van der Waals surface area contributed by atoms with Crippen molar-refractivity contribution in [3.63, 3.8) is 0 Å². The minimum Gasteiger partial charge on any atom is -0.353 e. The Balaban J connectivity index is 2.69. The number of hydrogen-bond donors (Lipinski definition) is 0. The summed E-state index contributed by atoms with van der Waals surface area (Å²) in [5.74, 6) is 0.746. The van der Waals surface area contributed by atoms with Gasteiger partial charge in [-0.2, -0.15) is 4.37 Å². The second-order valence-electron chi connectivity index (χ2n) is 4.46. The van der Waals surface area contributed by atoms with Gasteiger partial charge in [0.2, 0.25) is 5.13 Å². The van der Waals surface area contributed by atoms with Crippen LogP contribution in [0.2, 0.25) is 0 Å². The average molecular weight is 277 g/mol. The average Bonchev–Trinajstić information content (AvgIpc) is 2.64. The highest BCUT2D eigenvalue weighted by Crippen LogP contribution is 2.16. The molecule has 0 spiro atoms. The SMILES string of the molecule is CC[C@@H](C)CS(=O)(=O)Cc1nsc(N(C)C)n1. The van der Waals surface area contributed by atoms with Gasteiger partial charge >= 0.3 is 0 Å². The van der Waals surface area contributed by atoms with Crippen molar-refractivity contribution < 1.29 is 8.42 Å². The fourth-order valence-electron chi connectivity index (χ4n) is 1.29. The number of hydrogen-bond acceptors (Lipinski definition) is 6. The smallest absolute Gasteiger partial charge is 0.204 e. The first-order chi connectivity index (χ1) is 7.84. The van der Waals surface area contributed by atoms with Gasteiger partial charge in [-0.15, -0.1) is 0 Å². The Labute approximate surface area is 107 Å². The number of sulfone groups is 1. The first-order valence-electron chi connectivity index (χ1n) is 5.54. The molecule has 0 amide bonds. The molecule has 0 bridgehead atoms. The summed E-state index contributed by atoms with van der Waals surface area (Å²) in [5.41, 5.74) is 0. The van der Waals surface area contributed by atoms with Gasteiger partial charge in [-0.05, 0) is 5.92 Å². The fraction of sp³-hybridized carbons (Fsp3) is 0.800. The number of rotatable bonds is 6. The van der Waals surface area contributed by atoms with Crippen molar-refractivity contribution in [2.24, 2.45) is 5.92 Å². The molecular formula is C10H19N3O2S2. The van der Waals surface area contributed by atoms with E-state index in [9.17, 15) is 8.42 Å². The zero-order chi connectivity index (χ0) is 13.1. The third kappa shape index (κ3) is 4.59. The first-order valence-corrected chi connectivity index (χ1v) is 8.14. The fourth-order valence-corrected chi connectivity index (χ4v) is 3.72. The van der Waals surface area contributed by atoms with Crippen molar-refractivity contribution >= 4 is 26.5 Å². The van der Waals surface area contributed by atoms with Crippen LogP contribution in [0.3, 0.4) is 0 Å². The van der Waals surface area contributed by atoms with E-state index < -0.39 is 9.84 Å². The van der Waals surface area contributed by atoms with Crippen LogP contribution in [0.5, 0.6) is 0 Å². The zero-order valence-electron chi connectivity index (χ0n) is 10.7. The van der Waals surface area contributed by atoms with Crippen molar-refractivity contribution in [2.45, 2.75) is 26.0 Å². The van der Waals surface area contributed by atoms with Crippen molar-refractivity contribution in [2.75, 3.05) is 24.7 Å². The monoisotopic (exact) mass is 277 g/mol. The molecule has 0 radical (unpaired) electrons. The highest BCUT2D eigenvalue weighted by Gasteiger charge is 2.18. The molecule has 0 aliphatic rings. The molecule has 5 nitrogen and oxygen atoms in total. The van der Waals surface area contributed by atoms with E-state index in [0.717, 1.165) is 11.6 Å². The number of aromatic nitrogens is 2. The predicted molar refractivity (Wildman–Crippen MR) is 71.2 cm³/mol. The van der Waals surface area contributed by atoms with Crippen LogP contribution >= 0.6 is 11.5 Å². The summed E-state index contributed by atoms with van der Waals surface area (Å²) in [7, 11) is 0.623. The van der Waals surface area contributed by atoms with Gasteiger partial charge in [0.15, 0.2) is 15.7 Å². The quantitative estimate of drug-likeness (QED) is 0.789. The molecule has 17 heavy (non-hydrogen) atoms. The van der Waals surface area contributed by atoms with Gasteiger partial charge in [0, 0.05) is 25.6 Å². The first kappa shape index (κ1) is 14.4. The molecule has 0 fully saturated rings. The maximum Gasteiger partial charge on any atom is 0.204 e. The van der Waals surface area contributed by atoms with E-state index in [-0.39, 0.29) is 17.4 Å². The van der Waals surface area contributed by atoms with Crippen LogP contribution in [-0.4, -0.2) is 37.6 Å². The lowest BCUT2D eigenvalue weighted by Crippen LogP contribution is -2.16. The van der Waals surface area contributed by atoms with E-state index in [1.165, 1.54) is 11.5 Å². The topological polar surface area (TPSA) is 63.2 Å². The van der Waals surface area contributed by atoms with Gasteiger partial charge in [0.1, 0.15) is 5.75 Å². The van der Waals surface area contributed by atoms with E-state index in [0.29, 0.717) is 5.82 Å². The maximum absolute atomic E-state index is 11.9. The Morgan fingerprint density at radius 1 is 1.41 bits per heavy atom. The van der Waals surface area contributed by atoms with Crippen molar-refractivity contribution in [1.29, 1.82) is 0 Å². The number of anilines is 1. The summed E-state index contributed by atoms with van der Waals surface area (Å²) in [5, 5.41) is 0.735. The molecule has 1 aromatic heterocycles. The van der Waals surface area contributed by atoms with E-state index in [1.807, 2.05) is 32.8 Å². The Morgan fingerprint density at radius 2 is 2.06 bits per heavy atom. The largest absolute Gasteiger partial charge is 0.353 e. The molecule has 0 aliphatic carbocycles. The van der Waals surface area contributed by atoms with E-state index in [1.54, 1.807) is 0 Å². The van der Waals surface area contributed by atoms with Gasteiger partial charge in [0.05, 0.1) is 5.75 Å². The molecular weight excluding hydrogens is 258 g/mol. The van der Waals surface area contributed by atoms with E-state index >= 15 is 0 Å². The standard InChI is InChI=1S/C10H19N3O2S2/c1-5-8(2)6-17(14,15)7-9-11-10(13(3)4)16-12-9/h8H,5-7H2,1-4H3/t8-/m1/s1. The van der Waals surface area contributed by atoms with Gasteiger partial charge < -0.3 is 4.90 Å². The minimum atomic E-state index is -3.10. The molecule has 1 heterocycles. The molecule has 0 aliphatic heterocycles. The second kappa shape index (κ2) is 5.77. The molecule has 7 heteroatoms. The van der Waals surface area contributed by atoms with Crippen LogP contribution in [0.15, 0.2) is 0 Å². The molecule has 0 saturated carbocycles. The van der Waals surface area contributed by atoms with Crippen LogP contribution < -0.4 is 4.90 Å². The molecule has 1 atom stereocenters. The number of nitrogens with zero attached hydrogens (tertiary/aromatic N) is 3.